The third kappa shape index (κ3) is 5.26. The molecule has 0 spiro atoms. The van der Waals surface area contributed by atoms with Crippen molar-refractivity contribution in [3.8, 4) is 33.7 Å². The quantitative estimate of drug-likeness (QED) is 0.162. The average Bonchev–Trinajstić information content (AvgIpc) is 3.87. The van der Waals surface area contributed by atoms with Crippen LogP contribution in [0.25, 0.3) is 88.3 Å². The molecule has 55 heavy (non-hydrogen) atoms. The van der Waals surface area contributed by atoms with Crippen LogP contribution in [0.5, 0.6) is 0 Å². The summed E-state index contributed by atoms with van der Waals surface area (Å²) in [5, 5.41) is 6.53. The first-order chi connectivity index (χ1) is 27.2. The van der Waals surface area contributed by atoms with E-state index in [1.807, 2.05) is 42.5 Å². The molecule has 0 unspecified atom stereocenters. The molecule has 0 saturated carbocycles. The Hall–Kier alpha value is -7.43. The molecule has 0 radical (unpaired) electrons. The van der Waals surface area contributed by atoms with Crippen LogP contribution in [0.15, 0.2) is 203 Å². The Bertz CT molecular complexity index is 3200. The Morgan fingerprint density at radius 2 is 1.02 bits per heavy atom. The van der Waals surface area contributed by atoms with Gasteiger partial charge in [0.1, 0.15) is 16.7 Å². The van der Waals surface area contributed by atoms with Gasteiger partial charge in [0.05, 0.1) is 5.69 Å². The van der Waals surface area contributed by atoms with Crippen molar-refractivity contribution >= 4 is 71.6 Å². The fourth-order valence-corrected chi connectivity index (χ4v) is 8.02. The minimum Gasteiger partial charge on any atom is -0.456 e. The number of anilines is 3. The molecule has 0 amide bonds. The van der Waals surface area contributed by atoms with Crippen molar-refractivity contribution in [2.24, 2.45) is 0 Å². The second-order valence-electron chi connectivity index (χ2n) is 13.9. The van der Waals surface area contributed by atoms with E-state index in [2.05, 4.69) is 157 Å². The third-order valence-electron chi connectivity index (χ3n) is 10.7. The van der Waals surface area contributed by atoms with Gasteiger partial charge >= 0.3 is 0 Å². The molecule has 258 valence electrons. The molecule has 11 rings (SSSR count). The summed E-state index contributed by atoms with van der Waals surface area (Å²) >= 11 is 0. The van der Waals surface area contributed by atoms with Crippen molar-refractivity contribution < 1.29 is 8.83 Å². The van der Waals surface area contributed by atoms with E-state index in [1.165, 1.54) is 5.56 Å². The van der Waals surface area contributed by atoms with Crippen LogP contribution in [-0.2, 0) is 0 Å². The number of fused-ring (bicyclic) bond motifs is 8. The number of para-hydroxylation sites is 1. The molecule has 0 atom stereocenters. The first kappa shape index (κ1) is 31.1. The van der Waals surface area contributed by atoms with Crippen LogP contribution in [0.1, 0.15) is 0 Å². The summed E-state index contributed by atoms with van der Waals surface area (Å²) in [5.41, 5.74) is 12.0. The molecule has 0 N–H and O–H groups in total. The fourth-order valence-electron chi connectivity index (χ4n) is 8.02. The van der Waals surface area contributed by atoms with E-state index in [1.54, 1.807) is 0 Å². The Kier molecular flexibility index (Phi) is 7.14. The highest BCUT2D eigenvalue weighted by Gasteiger charge is 2.21. The largest absolute Gasteiger partial charge is 0.456 e. The number of benzene rings is 9. The summed E-state index contributed by atoms with van der Waals surface area (Å²) in [6.07, 6.45) is 0. The Morgan fingerprint density at radius 3 is 1.82 bits per heavy atom. The molecule has 2 aromatic heterocycles. The van der Waals surface area contributed by atoms with Crippen LogP contribution in [0.2, 0.25) is 0 Å². The minimum atomic E-state index is 0.615. The van der Waals surface area contributed by atoms with Crippen LogP contribution < -0.4 is 4.90 Å². The molecule has 0 aliphatic heterocycles. The smallest absolute Gasteiger partial charge is 0.227 e. The summed E-state index contributed by atoms with van der Waals surface area (Å²) in [6.45, 7) is 0. The number of aromatic nitrogens is 1. The first-order valence-corrected chi connectivity index (χ1v) is 18.5. The maximum atomic E-state index is 6.62. The summed E-state index contributed by atoms with van der Waals surface area (Å²) in [6, 6.07) is 68.3. The van der Waals surface area contributed by atoms with Crippen molar-refractivity contribution in [1.82, 2.24) is 4.98 Å². The fraction of sp³-hybridized carbons (Fsp3) is 0. The van der Waals surface area contributed by atoms with Gasteiger partial charge in [0, 0.05) is 38.7 Å². The van der Waals surface area contributed by atoms with E-state index in [-0.39, 0.29) is 0 Å². The molecule has 9 aromatic carbocycles. The van der Waals surface area contributed by atoms with E-state index < -0.39 is 0 Å². The highest BCUT2D eigenvalue weighted by molar-refractivity contribution is 6.19. The molecular weight excluding hydrogens is 673 g/mol. The number of oxazole rings is 1. The summed E-state index contributed by atoms with van der Waals surface area (Å²) in [5.74, 6) is 0.615. The lowest BCUT2D eigenvalue weighted by Crippen LogP contribution is -2.11. The summed E-state index contributed by atoms with van der Waals surface area (Å²) in [7, 11) is 0. The normalized spacial score (nSPS) is 11.6. The lowest BCUT2D eigenvalue weighted by molar-refractivity contribution is 0.623. The topological polar surface area (TPSA) is 42.4 Å². The van der Waals surface area contributed by atoms with E-state index in [0.717, 1.165) is 93.9 Å². The lowest BCUT2D eigenvalue weighted by Gasteiger charge is -2.29. The maximum absolute atomic E-state index is 6.62. The number of rotatable bonds is 6. The van der Waals surface area contributed by atoms with Gasteiger partial charge < -0.3 is 13.7 Å². The molecule has 4 heteroatoms. The van der Waals surface area contributed by atoms with Gasteiger partial charge in [0.25, 0.3) is 0 Å². The molecular formula is C51H32N2O2. The number of hydrogen-bond acceptors (Lipinski definition) is 4. The SMILES string of the molecule is c1ccc(-c2ccc(N(c3ccc4oc5ccccc5c4c3)c3ccc4ccc5ccc6nc(-c7ccccc7)oc6c5c4c3)c(-c3ccccc3)c2)cc1. The van der Waals surface area contributed by atoms with Gasteiger partial charge in [-0.1, -0.05) is 127 Å². The molecule has 4 nitrogen and oxygen atoms in total. The van der Waals surface area contributed by atoms with E-state index >= 15 is 0 Å². The van der Waals surface area contributed by atoms with Crippen LogP contribution >= 0.6 is 0 Å². The van der Waals surface area contributed by atoms with Crippen molar-refractivity contribution in [2.45, 2.75) is 0 Å². The van der Waals surface area contributed by atoms with Gasteiger partial charge in [0.15, 0.2) is 5.58 Å². The number of furan rings is 1. The highest BCUT2D eigenvalue weighted by atomic mass is 16.3. The van der Waals surface area contributed by atoms with E-state index in [0.29, 0.717) is 5.89 Å². The zero-order chi connectivity index (χ0) is 36.3. The van der Waals surface area contributed by atoms with Crippen LogP contribution in [0.4, 0.5) is 17.1 Å². The van der Waals surface area contributed by atoms with Gasteiger partial charge in [-0.15, -0.1) is 0 Å². The third-order valence-corrected chi connectivity index (χ3v) is 10.7. The number of nitrogens with zero attached hydrogens (tertiary/aromatic N) is 2. The summed E-state index contributed by atoms with van der Waals surface area (Å²) < 4.78 is 12.9. The van der Waals surface area contributed by atoms with E-state index in [9.17, 15) is 0 Å². The summed E-state index contributed by atoms with van der Waals surface area (Å²) in [4.78, 5) is 7.32. The second kappa shape index (κ2) is 12.6. The number of hydrogen-bond donors (Lipinski definition) is 0. The standard InChI is InChI=1S/C51H32N2O2/c1-4-12-33(13-5-1)38-24-28-46(42(30-38)34-14-6-2-7-15-34)53(40-26-29-48-44(32-40)41-18-10-11-19-47(41)54-48)39-25-22-35-20-21-36-23-27-45-50(49(36)43(35)31-39)55-51(52-45)37-16-8-3-9-17-37/h1-32H. The van der Waals surface area contributed by atoms with Crippen LogP contribution in [0.3, 0.4) is 0 Å². The zero-order valence-corrected chi connectivity index (χ0v) is 29.7. The zero-order valence-electron chi connectivity index (χ0n) is 29.7. The predicted octanol–water partition coefficient (Wildman–Crippen LogP) is 14.5. The van der Waals surface area contributed by atoms with Gasteiger partial charge in [-0.25, -0.2) is 4.98 Å². The predicted molar refractivity (Wildman–Crippen MR) is 227 cm³/mol. The monoisotopic (exact) mass is 704 g/mol. The minimum absolute atomic E-state index is 0.615. The first-order valence-electron chi connectivity index (χ1n) is 18.5. The molecule has 0 aliphatic carbocycles. The van der Waals surface area contributed by atoms with Crippen molar-refractivity contribution in [2.75, 3.05) is 4.90 Å². The van der Waals surface area contributed by atoms with Gasteiger partial charge in [0.2, 0.25) is 5.89 Å². The van der Waals surface area contributed by atoms with Gasteiger partial charge in [-0.05, 0) is 99.6 Å². The van der Waals surface area contributed by atoms with Crippen molar-refractivity contribution in [3.05, 3.63) is 194 Å². The highest BCUT2D eigenvalue weighted by Crippen LogP contribution is 2.46. The van der Waals surface area contributed by atoms with Crippen molar-refractivity contribution in [3.63, 3.8) is 0 Å². The molecule has 0 fully saturated rings. The Labute approximate surface area is 317 Å². The maximum Gasteiger partial charge on any atom is 0.227 e. The molecule has 0 bridgehead atoms. The average molecular weight is 705 g/mol. The Balaban J connectivity index is 1.19. The van der Waals surface area contributed by atoms with Crippen LogP contribution in [-0.4, -0.2) is 4.98 Å². The molecule has 2 heterocycles. The second-order valence-corrected chi connectivity index (χ2v) is 13.9. The van der Waals surface area contributed by atoms with Gasteiger partial charge in [-0.3, -0.25) is 0 Å². The van der Waals surface area contributed by atoms with E-state index in [4.69, 9.17) is 13.8 Å². The lowest BCUT2D eigenvalue weighted by atomic mass is 9.95. The molecule has 0 saturated heterocycles. The molecule has 0 aliphatic rings. The van der Waals surface area contributed by atoms with Crippen molar-refractivity contribution in [1.29, 1.82) is 0 Å². The van der Waals surface area contributed by atoms with Crippen LogP contribution in [0, 0.1) is 0 Å². The molecule has 11 aromatic rings. The van der Waals surface area contributed by atoms with Gasteiger partial charge in [-0.2, -0.15) is 0 Å². The Morgan fingerprint density at radius 1 is 0.400 bits per heavy atom.